The van der Waals surface area contributed by atoms with E-state index in [1.54, 1.807) is 0 Å². The second kappa shape index (κ2) is 5.41. The Balaban J connectivity index is 2.02. The quantitative estimate of drug-likeness (QED) is 0.907. The molecule has 7 heteroatoms. The molecule has 0 saturated carbocycles. The first kappa shape index (κ1) is 15.1. The van der Waals surface area contributed by atoms with Gasteiger partial charge in [0.25, 0.3) is 10.0 Å². The van der Waals surface area contributed by atoms with E-state index in [2.05, 4.69) is 16.6 Å². The molecule has 0 saturated heterocycles. The molecule has 116 valence electrons. The number of hydrogen-bond donors (Lipinski definition) is 2. The molecule has 2 N–H and O–H groups in total. The van der Waals surface area contributed by atoms with Gasteiger partial charge in [0.15, 0.2) is 0 Å². The Morgan fingerprint density at radius 3 is 2.83 bits per heavy atom. The van der Waals surface area contributed by atoms with Gasteiger partial charge in [0.05, 0.1) is 27.9 Å². The van der Waals surface area contributed by atoms with Gasteiger partial charge in [-0.2, -0.15) is 5.26 Å². The van der Waals surface area contributed by atoms with Crippen LogP contribution in [0.2, 0.25) is 0 Å². The number of nitrogens with one attached hydrogen (secondary N) is 2. The lowest BCUT2D eigenvalue weighted by Gasteiger charge is -2.12. The van der Waals surface area contributed by atoms with Crippen molar-refractivity contribution in [3.05, 3.63) is 65.6 Å². The largest absolute Gasteiger partial charge is 0.357 e. The highest BCUT2D eigenvalue weighted by Gasteiger charge is 2.22. The molecule has 0 spiro atoms. The van der Waals surface area contributed by atoms with Crippen LogP contribution in [0.15, 0.2) is 53.6 Å². The zero-order valence-corrected chi connectivity index (χ0v) is 12.7. The summed E-state index contributed by atoms with van der Waals surface area (Å²) in [4.78, 5) is -0.0635. The Kier molecular flexibility index (Phi) is 3.54. The summed E-state index contributed by atoms with van der Waals surface area (Å²) in [5, 5.41) is 11.8. The SMILES string of the molecule is C=C1Cc2cc(F)cc(NS(=O)(=O)c3cccc(C#N)c3)c2N1. The molecule has 0 fully saturated rings. The van der Waals surface area contributed by atoms with Gasteiger partial charge in [-0.05, 0) is 29.8 Å². The lowest BCUT2D eigenvalue weighted by atomic mass is 10.1. The Bertz CT molecular complexity index is 962. The fraction of sp³-hybridized carbons (Fsp3) is 0.0625. The Morgan fingerprint density at radius 1 is 1.30 bits per heavy atom. The van der Waals surface area contributed by atoms with E-state index in [-0.39, 0.29) is 16.1 Å². The highest BCUT2D eigenvalue weighted by atomic mass is 32.2. The molecule has 2 aromatic carbocycles. The van der Waals surface area contributed by atoms with Gasteiger partial charge >= 0.3 is 0 Å². The summed E-state index contributed by atoms with van der Waals surface area (Å²) in [6.07, 6.45) is 0.436. The molecule has 0 amide bonds. The Hall–Kier alpha value is -2.85. The van der Waals surface area contributed by atoms with Crippen LogP contribution in [-0.4, -0.2) is 8.42 Å². The second-order valence-corrected chi connectivity index (χ2v) is 6.82. The summed E-state index contributed by atoms with van der Waals surface area (Å²) in [7, 11) is -3.94. The van der Waals surface area contributed by atoms with Crippen molar-refractivity contribution in [3.63, 3.8) is 0 Å². The third-order valence-corrected chi connectivity index (χ3v) is 4.77. The zero-order valence-electron chi connectivity index (χ0n) is 11.9. The molecule has 0 atom stereocenters. The van der Waals surface area contributed by atoms with Crippen LogP contribution in [0.25, 0.3) is 0 Å². The van der Waals surface area contributed by atoms with E-state index in [1.807, 2.05) is 6.07 Å². The van der Waals surface area contributed by atoms with Gasteiger partial charge < -0.3 is 5.32 Å². The van der Waals surface area contributed by atoms with Crippen molar-refractivity contribution < 1.29 is 12.8 Å². The fourth-order valence-corrected chi connectivity index (χ4v) is 3.53. The van der Waals surface area contributed by atoms with Crippen LogP contribution in [0.3, 0.4) is 0 Å². The molecule has 0 aliphatic carbocycles. The van der Waals surface area contributed by atoms with Crippen molar-refractivity contribution in [2.24, 2.45) is 0 Å². The van der Waals surface area contributed by atoms with Crippen LogP contribution in [0.4, 0.5) is 15.8 Å². The maximum absolute atomic E-state index is 13.7. The van der Waals surface area contributed by atoms with Gasteiger partial charge in [-0.25, -0.2) is 12.8 Å². The third-order valence-electron chi connectivity index (χ3n) is 3.41. The predicted molar refractivity (Wildman–Crippen MR) is 84.8 cm³/mol. The topological polar surface area (TPSA) is 82.0 Å². The van der Waals surface area contributed by atoms with Crippen molar-refractivity contribution in [1.82, 2.24) is 0 Å². The molecule has 1 aliphatic heterocycles. The monoisotopic (exact) mass is 329 g/mol. The van der Waals surface area contributed by atoms with E-state index in [0.717, 1.165) is 6.07 Å². The number of nitriles is 1. The van der Waals surface area contributed by atoms with E-state index in [9.17, 15) is 12.8 Å². The first-order chi connectivity index (χ1) is 10.9. The first-order valence-electron chi connectivity index (χ1n) is 6.69. The molecule has 0 unspecified atom stereocenters. The van der Waals surface area contributed by atoms with Crippen LogP contribution in [0, 0.1) is 17.1 Å². The number of hydrogen-bond acceptors (Lipinski definition) is 4. The van der Waals surface area contributed by atoms with Gasteiger partial charge in [-0.15, -0.1) is 0 Å². The van der Waals surface area contributed by atoms with Gasteiger partial charge in [0, 0.05) is 18.2 Å². The lowest BCUT2D eigenvalue weighted by molar-refractivity contribution is 0.601. The van der Waals surface area contributed by atoms with Crippen LogP contribution < -0.4 is 10.0 Å². The van der Waals surface area contributed by atoms with E-state index in [0.29, 0.717) is 23.4 Å². The van der Waals surface area contributed by atoms with E-state index < -0.39 is 15.8 Å². The minimum absolute atomic E-state index is 0.0635. The van der Waals surface area contributed by atoms with Crippen molar-refractivity contribution in [2.45, 2.75) is 11.3 Å². The van der Waals surface area contributed by atoms with E-state index in [1.165, 1.54) is 30.3 Å². The van der Waals surface area contributed by atoms with Gasteiger partial charge in [-0.1, -0.05) is 12.6 Å². The number of benzene rings is 2. The average Bonchev–Trinajstić information content (AvgIpc) is 2.87. The number of halogens is 1. The molecule has 5 nitrogen and oxygen atoms in total. The highest BCUT2D eigenvalue weighted by Crippen LogP contribution is 2.36. The molecule has 1 aliphatic rings. The highest BCUT2D eigenvalue weighted by molar-refractivity contribution is 7.92. The number of sulfonamides is 1. The molecule has 3 rings (SSSR count). The molecule has 1 heterocycles. The van der Waals surface area contributed by atoms with Gasteiger partial charge in [0.1, 0.15) is 5.82 Å². The Labute approximate surface area is 133 Å². The molecule has 23 heavy (non-hydrogen) atoms. The summed E-state index contributed by atoms with van der Waals surface area (Å²) < 4.78 is 41.0. The summed E-state index contributed by atoms with van der Waals surface area (Å²) in [6.45, 7) is 3.77. The average molecular weight is 329 g/mol. The Morgan fingerprint density at radius 2 is 2.09 bits per heavy atom. The number of fused-ring (bicyclic) bond motifs is 1. The van der Waals surface area contributed by atoms with Crippen LogP contribution in [-0.2, 0) is 16.4 Å². The normalized spacial score (nSPS) is 13.1. The van der Waals surface area contributed by atoms with Crippen molar-refractivity contribution in [1.29, 1.82) is 5.26 Å². The molecular formula is C16H12FN3O2S. The molecule has 0 bridgehead atoms. The van der Waals surface area contributed by atoms with Crippen molar-refractivity contribution >= 4 is 21.4 Å². The summed E-state index contributed by atoms with van der Waals surface area (Å²) in [5.41, 5.74) is 2.14. The molecular weight excluding hydrogens is 317 g/mol. The molecule has 2 aromatic rings. The van der Waals surface area contributed by atoms with Gasteiger partial charge in [-0.3, -0.25) is 4.72 Å². The molecule has 0 radical (unpaired) electrons. The smallest absolute Gasteiger partial charge is 0.262 e. The lowest BCUT2D eigenvalue weighted by Crippen LogP contribution is -2.14. The summed E-state index contributed by atoms with van der Waals surface area (Å²) >= 11 is 0. The molecule has 0 aromatic heterocycles. The van der Waals surface area contributed by atoms with Crippen LogP contribution >= 0.6 is 0 Å². The van der Waals surface area contributed by atoms with E-state index in [4.69, 9.17) is 5.26 Å². The zero-order chi connectivity index (χ0) is 16.6. The number of nitrogens with zero attached hydrogens (tertiary/aromatic N) is 1. The number of anilines is 2. The maximum Gasteiger partial charge on any atom is 0.262 e. The van der Waals surface area contributed by atoms with Crippen molar-refractivity contribution in [3.8, 4) is 6.07 Å². The number of rotatable bonds is 3. The van der Waals surface area contributed by atoms with Gasteiger partial charge in [0.2, 0.25) is 0 Å². The standard InChI is InChI=1S/C16H12FN3O2S/c1-10-5-12-7-13(17)8-15(16(12)19-10)20-23(21,22)14-4-2-3-11(6-14)9-18/h2-4,6-8,19-20H,1,5H2. The van der Waals surface area contributed by atoms with E-state index >= 15 is 0 Å². The minimum Gasteiger partial charge on any atom is -0.357 e. The summed E-state index contributed by atoms with van der Waals surface area (Å²) in [5.74, 6) is -0.538. The maximum atomic E-state index is 13.7. The third kappa shape index (κ3) is 2.89. The van der Waals surface area contributed by atoms with Crippen LogP contribution in [0.5, 0.6) is 0 Å². The number of allylic oxidation sites excluding steroid dienone is 1. The second-order valence-electron chi connectivity index (χ2n) is 5.14. The summed E-state index contributed by atoms with van der Waals surface area (Å²) in [6, 6.07) is 9.94. The minimum atomic E-state index is -3.94. The van der Waals surface area contributed by atoms with Crippen molar-refractivity contribution in [2.75, 3.05) is 10.0 Å². The first-order valence-corrected chi connectivity index (χ1v) is 8.17. The fourth-order valence-electron chi connectivity index (χ4n) is 2.42. The van der Waals surface area contributed by atoms with Crippen LogP contribution in [0.1, 0.15) is 11.1 Å². The predicted octanol–water partition coefficient (Wildman–Crippen LogP) is 2.98.